The fourth-order valence-electron chi connectivity index (χ4n) is 1.71. The molecule has 1 rings (SSSR count). The molecule has 0 unspecified atom stereocenters. The maximum atomic E-state index is 12.2. The molecular formula is C13H19NO6S2. The number of sulfone groups is 1. The summed E-state index contributed by atoms with van der Waals surface area (Å²) >= 11 is 0. The number of carboxylic acid groups (broad SMARTS) is 1. The van der Waals surface area contributed by atoms with Crippen LogP contribution in [0.3, 0.4) is 0 Å². The summed E-state index contributed by atoms with van der Waals surface area (Å²) in [4.78, 5) is 10.7. The van der Waals surface area contributed by atoms with Crippen molar-refractivity contribution < 1.29 is 26.7 Å². The molecule has 0 aliphatic heterocycles. The average molecular weight is 349 g/mol. The number of sulfonamides is 1. The largest absolute Gasteiger partial charge is 0.480 e. The Morgan fingerprint density at radius 2 is 1.73 bits per heavy atom. The molecule has 1 aromatic rings. The third kappa shape index (κ3) is 4.28. The summed E-state index contributed by atoms with van der Waals surface area (Å²) in [6.45, 7) is 4.59. The van der Waals surface area contributed by atoms with E-state index >= 15 is 0 Å². The van der Waals surface area contributed by atoms with Gasteiger partial charge in [-0.05, 0) is 24.1 Å². The van der Waals surface area contributed by atoms with Crippen LogP contribution in [-0.4, -0.2) is 39.7 Å². The van der Waals surface area contributed by atoms with Gasteiger partial charge in [0.2, 0.25) is 10.0 Å². The molecule has 1 aromatic carbocycles. The van der Waals surface area contributed by atoms with Gasteiger partial charge in [0.05, 0.1) is 15.5 Å². The standard InChI is InChI=1S/C13H19NO6S2/c1-4-21(17,18)10-6-5-7-11(8-10)22(19,20)14-12(9(2)3)13(15)16/h5-9,12,14H,4H2,1-3H3,(H,15,16)/t12-/m1/s1. The average Bonchev–Trinajstić information content (AvgIpc) is 2.44. The highest BCUT2D eigenvalue weighted by atomic mass is 32.2. The highest BCUT2D eigenvalue weighted by Crippen LogP contribution is 2.18. The van der Waals surface area contributed by atoms with E-state index in [1.54, 1.807) is 13.8 Å². The lowest BCUT2D eigenvalue weighted by molar-refractivity contribution is -0.140. The SMILES string of the molecule is CCS(=O)(=O)c1cccc(S(=O)(=O)N[C@@H](C(=O)O)C(C)C)c1. The molecule has 0 saturated carbocycles. The molecule has 0 amide bonds. The number of benzene rings is 1. The minimum atomic E-state index is -4.14. The van der Waals surface area contributed by atoms with Crippen LogP contribution in [-0.2, 0) is 24.7 Å². The van der Waals surface area contributed by atoms with E-state index in [0.29, 0.717) is 0 Å². The van der Waals surface area contributed by atoms with Crippen molar-refractivity contribution in [1.82, 2.24) is 4.72 Å². The molecule has 7 nitrogen and oxygen atoms in total. The number of hydrogen-bond donors (Lipinski definition) is 2. The lowest BCUT2D eigenvalue weighted by Gasteiger charge is -2.18. The van der Waals surface area contributed by atoms with Crippen molar-refractivity contribution in [2.24, 2.45) is 5.92 Å². The summed E-state index contributed by atoms with van der Waals surface area (Å²) in [5.41, 5.74) is 0. The van der Waals surface area contributed by atoms with Crippen LogP contribution < -0.4 is 4.72 Å². The molecule has 0 spiro atoms. The first-order valence-electron chi connectivity index (χ1n) is 6.59. The van der Waals surface area contributed by atoms with Crippen LogP contribution in [0.25, 0.3) is 0 Å². The van der Waals surface area contributed by atoms with E-state index in [9.17, 15) is 21.6 Å². The van der Waals surface area contributed by atoms with Crippen LogP contribution in [0.4, 0.5) is 0 Å². The number of carboxylic acids is 1. The number of rotatable bonds is 7. The number of carbonyl (C=O) groups is 1. The summed E-state index contributed by atoms with van der Waals surface area (Å²) in [5.74, 6) is -1.92. The Hall–Kier alpha value is -1.45. The Bertz CT molecular complexity index is 752. The first-order chi connectivity index (χ1) is 10.0. The van der Waals surface area contributed by atoms with Gasteiger partial charge in [-0.2, -0.15) is 4.72 Å². The Labute approximate surface area is 130 Å². The van der Waals surface area contributed by atoms with Crippen molar-refractivity contribution in [2.45, 2.75) is 36.6 Å². The van der Waals surface area contributed by atoms with Gasteiger partial charge in [0.1, 0.15) is 6.04 Å². The molecule has 0 fully saturated rings. The predicted molar refractivity (Wildman–Crippen MR) is 80.8 cm³/mol. The molecule has 9 heteroatoms. The number of hydrogen-bond acceptors (Lipinski definition) is 5. The Kier molecular flexibility index (Phi) is 5.71. The maximum Gasteiger partial charge on any atom is 0.322 e. The molecule has 0 bridgehead atoms. The number of nitrogens with one attached hydrogen (secondary N) is 1. The van der Waals surface area contributed by atoms with Crippen molar-refractivity contribution in [3.8, 4) is 0 Å². The summed E-state index contributed by atoms with van der Waals surface area (Å²) in [6.07, 6.45) is 0. The monoisotopic (exact) mass is 349 g/mol. The third-order valence-electron chi connectivity index (χ3n) is 3.07. The molecule has 0 saturated heterocycles. The van der Waals surface area contributed by atoms with Gasteiger partial charge in [0.25, 0.3) is 0 Å². The van der Waals surface area contributed by atoms with Gasteiger partial charge in [0.15, 0.2) is 9.84 Å². The van der Waals surface area contributed by atoms with Crippen LogP contribution in [0.2, 0.25) is 0 Å². The Morgan fingerprint density at radius 3 is 2.18 bits per heavy atom. The van der Waals surface area contributed by atoms with E-state index < -0.39 is 37.8 Å². The second kappa shape index (κ2) is 6.76. The van der Waals surface area contributed by atoms with Crippen molar-refractivity contribution in [2.75, 3.05) is 5.75 Å². The third-order valence-corrected chi connectivity index (χ3v) is 6.24. The van der Waals surface area contributed by atoms with Crippen molar-refractivity contribution in [3.63, 3.8) is 0 Å². The van der Waals surface area contributed by atoms with E-state index in [-0.39, 0.29) is 15.5 Å². The minimum absolute atomic E-state index is 0.116. The first kappa shape index (κ1) is 18.6. The Morgan fingerprint density at radius 1 is 1.18 bits per heavy atom. The second-order valence-corrected chi connectivity index (χ2v) is 9.05. The molecule has 1 atom stereocenters. The minimum Gasteiger partial charge on any atom is -0.480 e. The van der Waals surface area contributed by atoms with Crippen molar-refractivity contribution >= 4 is 25.8 Å². The fourth-order valence-corrected chi connectivity index (χ4v) is 4.09. The Balaban J connectivity index is 3.25. The summed E-state index contributed by atoms with van der Waals surface area (Å²) in [5, 5.41) is 9.05. The lowest BCUT2D eigenvalue weighted by Crippen LogP contribution is -2.44. The van der Waals surface area contributed by atoms with E-state index in [1.165, 1.54) is 25.1 Å². The van der Waals surface area contributed by atoms with Gasteiger partial charge in [0, 0.05) is 0 Å². The van der Waals surface area contributed by atoms with E-state index in [0.717, 1.165) is 6.07 Å². The predicted octanol–water partition coefficient (Wildman–Crippen LogP) is 0.868. The fraction of sp³-hybridized carbons (Fsp3) is 0.462. The van der Waals surface area contributed by atoms with Gasteiger partial charge >= 0.3 is 5.97 Å². The van der Waals surface area contributed by atoms with Crippen LogP contribution in [0.1, 0.15) is 20.8 Å². The molecule has 2 N–H and O–H groups in total. The van der Waals surface area contributed by atoms with Crippen LogP contribution in [0.5, 0.6) is 0 Å². The van der Waals surface area contributed by atoms with Gasteiger partial charge in [-0.15, -0.1) is 0 Å². The zero-order valence-corrected chi connectivity index (χ0v) is 14.1. The van der Waals surface area contributed by atoms with Gasteiger partial charge in [-0.25, -0.2) is 16.8 Å². The topological polar surface area (TPSA) is 118 Å². The molecule has 0 radical (unpaired) electrons. The summed E-state index contributed by atoms with van der Waals surface area (Å²) < 4.78 is 50.2. The van der Waals surface area contributed by atoms with E-state index in [1.807, 2.05) is 0 Å². The molecule has 0 aliphatic carbocycles. The molecule has 124 valence electrons. The van der Waals surface area contributed by atoms with E-state index in [4.69, 9.17) is 5.11 Å². The molecule has 22 heavy (non-hydrogen) atoms. The first-order valence-corrected chi connectivity index (χ1v) is 9.72. The molecule has 0 heterocycles. The quantitative estimate of drug-likeness (QED) is 0.754. The normalized spacial score (nSPS) is 14.0. The van der Waals surface area contributed by atoms with Crippen LogP contribution in [0, 0.1) is 5.92 Å². The summed E-state index contributed by atoms with van der Waals surface area (Å²) in [7, 11) is -7.69. The zero-order chi connectivity index (χ0) is 17.1. The van der Waals surface area contributed by atoms with Gasteiger partial charge in [-0.1, -0.05) is 26.8 Å². The maximum absolute atomic E-state index is 12.2. The number of aliphatic carboxylic acids is 1. The second-order valence-electron chi connectivity index (χ2n) is 5.06. The molecule has 0 aliphatic rings. The molecular weight excluding hydrogens is 330 g/mol. The molecule has 0 aromatic heterocycles. The summed E-state index contributed by atoms with van der Waals surface area (Å²) in [6, 6.07) is 3.56. The van der Waals surface area contributed by atoms with Crippen molar-refractivity contribution in [3.05, 3.63) is 24.3 Å². The van der Waals surface area contributed by atoms with Gasteiger partial charge in [-0.3, -0.25) is 4.79 Å². The highest BCUT2D eigenvalue weighted by Gasteiger charge is 2.28. The van der Waals surface area contributed by atoms with Crippen molar-refractivity contribution in [1.29, 1.82) is 0 Å². The lowest BCUT2D eigenvalue weighted by atomic mass is 10.1. The van der Waals surface area contributed by atoms with Crippen LogP contribution >= 0.6 is 0 Å². The zero-order valence-electron chi connectivity index (χ0n) is 12.5. The van der Waals surface area contributed by atoms with E-state index in [2.05, 4.69) is 4.72 Å². The highest BCUT2D eigenvalue weighted by molar-refractivity contribution is 7.91. The van der Waals surface area contributed by atoms with Crippen LogP contribution in [0.15, 0.2) is 34.1 Å². The smallest absolute Gasteiger partial charge is 0.322 e. The van der Waals surface area contributed by atoms with Gasteiger partial charge < -0.3 is 5.11 Å².